The number of hydrogen-bond donors (Lipinski definition) is 0. The maximum Gasteiger partial charge on any atom is 0.279 e. The lowest BCUT2D eigenvalue weighted by Gasteiger charge is -1.98. The van der Waals surface area contributed by atoms with Crippen molar-refractivity contribution in [3.63, 3.8) is 0 Å². The number of para-hydroxylation sites is 1. The Kier molecular flexibility index (Phi) is 2.55. The number of hydrogen-bond acceptors (Lipinski definition) is 4. The largest absolute Gasteiger partial charge is 0.431 e. The monoisotopic (exact) mass is 205 g/mol. The Morgan fingerprint density at radius 3 is 2.71 bits per heavy atom. The van der Waals surface area contributed by atoms with Crippen molar-refractivity contribution in [1.82, 2.24) is 4.98 Å². The number of ether oxygens (including phenoxy) is 1. The van der Waals surface area contributed by atoms with Crippen LogP contribution in [0, 0.1) is 0 Å². The van der Waals surface area contributed by atoms with Gasteiger partial charge in [0.1, 0.15) is 5.75 Å². The second-order valence-electron chi connectivity index (χ2n) is 2.56. The fourth-order valence-corrected chi connectivity index (χ4v) is 1.56. The summed E-state index contributed by atoms with van der Waals surface area (Å²) < 4.78 is 5.41. The van der Waals surface area contributed by atoms with Crippen molar-refractivity contribution < 1.29 is 9.53 Å². The van der Waals surface area contributed by atoms with E-state index in [0.717, 1.165) is 12.0 Å². The molecule has 0 saturated carbocycles. The summed E-state index contributed by atoms with van der Waals surface area (Å²) in [4.78, 5) is 14.9. The molecule has 0 aliphatic carbocycles. The molecule has 0 spiro atoms. The highest BCUT2D eigenvalue weighted by molar-refractivity contribution is 7.15. The van der Waals surface area contributed by atoms with E-state index in [2.05, 4.69) is 4.98 Å². The van der Waals surface area contributed by atoms with Gasteiger partial charge in [0, 0.05) is 0 Å². The number of aldehydes is 1. The van der Waals surface area contributed by atoms with E-state index in [0.29, 0.717) is 10.1 Å². The average molecular weight is 205 g/mol. The number of thiazole rings is 1. The van der Waals surface area contributed by atoms with E-state index in [-0.39, 0.29) is 0 Å². The molecule has 0 fully saturated rings. The standard InChI is InChI=1S/C10H7NO2S/c12-7-9-6-11-10(14-9)13-8-4-2-1-3-5-8/h1-7H. The van der Waals surface area contributed by atoms with Crippen LogP contribution >= 0.6 is 11.3 Å². The third-order valence-electron chi connectivity index (χ3n) is 1.57. The van der Waals surface area contributed by atoms with Crippen LogP contribution in [0.25, 0.3) is 0 Å². The highest BCUT2D eigenvalue weighted by Gasteiger charge is 2.02. The molecule has 2 aromatic rings. The summed E-state index contributed by atoms with van der Waals surface area (Å²) in [5.74, 6) is 0.722. The molecule has 0 saturated heterocycles. The Morgan fingerprint density at radius 1 is 1.29 bits per heavy atom. The molecule has 70 valence electrons. The first-order valence-electron chi connectivity index (χ1n) is 4.02. The van der Waals surface area contributed by atoms with Crippen LogP contribution in [0.1, 0.15) is 9.67 Å². The van der Waals surface area contributed by atoms with Crippen molar-refractivity contribution in [1.29, 1.82) is 0 Å². The van der Waals surface area contributed by atoms with Gasteiger partial charge in [0.25, 0.3) is 5.19 Å². The maximum absolute atomic E-state index is 10.4. The zero-order valence-corrected chi connectivity index (χ0v) is 8.03. The molecule has 3 nitrogen and oxygen atoms in total. The molecule has 2 rings (SSSR count). The second-order valence-corrected chi connectivity index (χ2v) is 3.59. The average Bonchev–Trinajstić information content (AvgIpc) is 2.67. The van der Waals surface area contributed by atoms with Gasteiger partial charge >= 0.3 is 0 Å². The van der Waals surface area contributed by atoms with Crippen LogP contribution in [0.2, 0.25) is 0 Å². The Balaban J connectivity index is 2.15. The van der Waals surface area contributed by atoms with Crippen molar-refractivity contribution in [3.05, 3.63) is 41.4 Å². The molecule has 0 radical (unpaired) electrons. The number of carbonyl (C=O) groups excluding carboxylic acids is 1. The maximum atomic E-state index is 10.4. The first-order valence-corrected chi connectivity index (χ1v) is 4.84. The summed E-state index contributed by atoms with van der Waals surface area (Å²) in [6, 6.07) is 9.34. The van der Waals surface area contributed by atoms with E-state index < -0.39 is 0 Å². The summed E-state index contributed by atoms with van der Waals surface area (Å²) >= 11 is 1.23. The minimum absolute atomic E-state index is 0.485. The Hall–Kier alpha value is -1.68. The SMILES string of the molecule is O=Cc1cnc(Oc2ccccc2)s1. The first-order chi connectivity index (χ1) is 6.88. The van der Waals surface area contributed by atoms with Gasteiger partial charge in [0.2, 0.25) is 0 Å². The summed E-state index contributed by atoms with van der Waals surface area (Å²) in [6.45, 7) is 0. The first kappa shape index (κ1) is 8.90. The molecule has 1 aromatic carbocycles. The zero-order chi connectivity index (χ0) is 9.80. The highest BCUT2D eigenvalue weighted by atomic mass is 32.1. The van der Waals surface area contributed by atoms with Gasteiger partial charge in [-0.2, -0.15) is 0 Å². The van der Waals surface area contributed by atoms with Gasteiger partial charge in [-0.25, -0.2) is 4.98 Å². The predicted molar refractivity (Wildman–Crippen MR) is 54.0 cm³/mol. The van der Waals surface area contributed by atoms with Crippen LogP contribution < -0.4 is 4.74 Å². The zero-order valence-electron chi connectivity index (χ0n) is 7.21. The highest BCUT2D eigenvalue weighted by Crippen LogP contribution is 2.24. The van der Waals surface area contributed by atoms with Gasteiger partial charge in [0.05, 0.1) is 11.1 Å². The van der Waals surface area contributed by atoms with Crippen LogP contribution in [-0.4, -0.2) is 11.3 Å². The van der Waals surface area contributed by atoms with Crippen molar-refractivity contribution in [3.8, 4) is 10.9 Å². The van der Waals surface area contributed by atoms with Gasteiger partial charge in [0.15, 0.2) is 6.29 Å². The Bertz CT molecular complexity index is 425. The number of nitrogens with zero attached hydrogens (tertiary/aromatic N) is 1. The van der Waals surface area contributed by atoms with Crippen molar-refractivity contribution in [2.45, 2.75) is 0 Å². The number of benzene rings is 1. The molecule has 0 atom stereocenters. The van der Waals surface area contributed by atoms with Crippen LogP contribution in [0.15, 0.2) is 36.5 Å². The van der Waals surface area contributed by atoms with Crippen molar-refractivity contribution >= 4 is 17.6 Å². The Labute approximate surface area is 85.0 Å². The summed E-state index contributed by atoms with van der Waals surface area (Å²) in [7, 11) is 0. The molecular weight excluding hydrogens is 198 g/mol. The van der Waals surface area contributed by atoms with E-state index in [9.17, 15) is 4.79 Å². The summed E-state index contributed by atoms with van der Waals surface area (Å²) in [5, 5.41) is 0.485. The summed E-state index contributed by atoms with van der Waals surface area (Å²) in [5.41, 5.74) is 0. The van der Waals surface area contributed by atoms with Crippen LogP contribution in [0.5, 0.6) is 10.9 Å². The van der Waals surface area contributed by atoms with Crippen molar-refractivity contribution in [2.24, 2.45) is 0 Å². The molecule has 0 unspecified atom stereocenters. The van der Waals surface area contributed by atoms with Gasteiger partial charge in [-0.3, -0.25) is 4.79 Å². The summed E-state index contributed by atoms with van der Waals surface area (Å²) in [6.07, 6.45) is 2.26. The van der Waals surface area contributed by atoms with Gasteiger partial charge in [-0.1, -0.05) is 29.5 Å². The molecule has 0 aliphatic rings. The third kappa shape index (κ3) is 1.97. The quantitative estimate of drug-likeness (QED) is 0.723. The van der Waals surface area contributed by atoms with Gasteiger partial charge in [-0.05, 0) is 12.1 Å². The number of aromatic nitrogens is 1. The van der Waals surface area contributed by atoms with Gasteiger partial charge < -0.3 is 4.74 Å². The second kappa shape index (κ2) is 4.02. The normalized spacial score (nSPS) is 9.71. The molecule has 14 heavy (non-hydrogen) atoms. The van der Waals surface area contributed by atoms with E-state index >= 15 is 0 Å². The van der Waals surface area contributed by atoms with Crippen LogP contribution in [0.3, 0.4) is 0 Å². The molecule has 1 heterocycles. The number of rotatable bonds is 3. The lowest BCUT2D eigenvalue weighted by molar-refractivity contribution is 0.112. The molecule has 0 N–H and O–H groups in total. The lowest BCUT2D eigenvalue weighted by atomic mass is 10.3. The van der Waals surface area contributed by atoms with E-state index in [4.69, 9.17) is 4.74 Å². The third-order valence-corrected chi connectivity index (χ3v) is 2.37. The topological polar surface area (TPSA) is 39.2 Å². The van der Waals surface area contributed by atoms with E-state index in [1.165, 1.54) is 17.5 Å². The minimum atomic E-state index is 0.485. The molecule has 4 heteroatoms. The lowest BCUT2D eigenvalue weighted by Crippen LogP contribution is -1.80. The molecule has 0 amide bonds. The number of carbonyl (C=O) groups is 1. The van der Waals surface area contributed by atoms with Crippen LogP contribution in [-0.2, 0) is 0 Å². The predicted octanol–water partition coefficient (Wildman–Crippen LogP) is 2.75. The smallest absolute Gasteiger partial charge is 0.279 e. The van der Waals surface area contributed by atoms with E-state index in [1.807, 2.05) is 30.3 Å². The molecule has 0 aliphatic heterocycles. The fraction of sp³-hybridized carbons (Fsp3) is 0. The van der Waals surface area contributed by atoms with E-state index in [1.54, 1.807) is 0 Å². The molecule has 0 bridgehead atoms. The molecular formula is C10H7NO2S. The fourth-order valence-electron chi connectivity index (χ4n) is 0.961. The Morgan fingerprint density at radius 2 is 2.07 bits per heavy atom. The minimum Gasteiger partial charge on any atom is -0.431 e. The van der Waals surface area contributed by atoms with Gasteiger partial charge in [-0.15, -0.1) is 0 Å². The van der Waals surface area contributed by atoms with Crippen molar-refractivity contribution in [2.75, 3.05) is 0 Å². The van der Waals surface area contributed by atoms with Crippen LogP contribution in [0.4, 0.5) is 0 Å². The molecule has 1 aromatic heterocycles.